The first-order chi connectivity index (χ1) is 17.6. The van der Waals surface area contributed by atoms with Gasteiger partial charge in [0.25, 0.3) is 0 Å². The second kappa shape index (κ2) is 7.50. The van der Waals surface area contributed by atoms with Gasteiger partial charge in [-0.2, -0.15) is 0 Å². The van der Waals surface area contributed by atoms with E-state index in [-0.39, 0.29) is 0 Å². The van der Waals surface area contributed by atoms with Gasteiger partial charge in [-0.05, 0) is 71.3 Å². The van der Waals surface area contributed by atoms with E-state index >= 15 is 0 Å². The van der Waals surface area contributed by atoms with E-state index < -0.39 is 0 Å². The number of aryl methyl sites for hydroxylation is 1. The molecule has 2 aromatic heterocycles. The molecule has 36 heavy (non-hydrogen) atoms. The smallest absolute Gasteiger partial charge is 0.136 e. The van der Waals surface area contributed by atoms with Crippen LogP contribution in [0.5, 0.6) is 0 Å². The maximum atomic E-state index is 6.32. The Kier molecular flexibility index (Phi) is 4.31. The highest BCUT2D eigenvalue weighted by Crippen LogP contribution is 2.43. The summed E-state index contributed by atoms with van der Waals surface area (Å²) in [5.74, 6) is 1.39. The van der Waals surface area contributed by atoms with Crippen molar-refractivity contribution >= 4 is 60.5 Å². The quantitative estimate of drug-likeness (QED) is 0.233. The molecule has 3 aliphatic rings. The molecule has 3 aromatic carbocycles. The Balaban J connectivity index is 1.25. The van der Waals surface area contributed by atoms with E-state index in [4.69, 9.17) is 8.83 Å². The monoisotopic (exact) mass is 533 g/mol. The number of allylic oxidation sites excluding steroid dienone is 4. The molecular weight excluding hydrogens is 510 g/mol. The zero-order valence-corrected chi connectivity index (χ0v) is 21.5. The van der Waals surface area contributed by atoms with Gasteiger partial charge in [-0.3, -0.25) is 0 Å². The van der Waals surface area contributed by atoms with Crippen LogP contribution in [0, 0.1) is 0 Å². The van der Waals surface area contributed by atoms with Gasteiger partial charge < -0.3 is 14.2 Å². The lowest BCUT2D eigenvalue weighted by Gasteiger charge is -2.33. The largest absolute Gasteiger partial charge is 0.460 e. The lowest BCUT2D eigenvalue weighted by atomic mass is 9.81. The number of nitrogens with one attached hydrogen (secondary N) is 1. The Morgan fingerprint density at radius 2 is 1.72 bits per heavy atom. The average molecular weight is 534 g/mol. The Labute approximate surface area is 217 Å². The molecule has 2 aliphatic carbocycles. The number of halogens is 1. The molecule has 0 fully saturated rings. The minimum absolute atomic E-state index is 0.323. The van der Waals surface area contributed by atoms with Crippen LogP contribution in [-0.4, -0.2) is 0 Å². The number of hydrogen-bond donors (Lipinski definition) is 1. The minimum Gasteiger partial charge on any atom is -0.460 e. The summed E-state index contributed by atoms with van der Waals surface area (Å²) < 4.78 is 13.8. The Bertz CT molecular complexity index is 1830. The molecule has 3 heterocycles. The van der Waals surface area contributed by atoms with E-state index in [0.29, 0.717) is 12.0 Å². The molecule has 8 rings (SSSR count). The first-order valence-corrected chi connectivity index (χ1v) is 13.5. The van der Waals surface area contributed by atoms with Gasteiger partial charge in [0, 0.05) is 51.4 Å². The molecule has 0 saturated heterocycles. The van der Waals surface area contributed by atoms with Crippen LogP contribution in [0.15, 0.2) is 85.8 Å². The summed E-state index contributed by atoms with van der Waals surface area (Å²) in [6, 6.07) is 20.1. The summed E-state index contributed by atoms with van der Waals surface area (Å²) in [6.45, 7) is 2.24. The van der Waals surface area contributed by atoms with Gasteiger partial charge in [-0.25, -0.2) is 0 Å². The minimum atomic E-state index is 0.323. The second-order valence-electron chi connectivity index (χ2n) is 10.2. The highest BCUT2D eigenvalue weighted by atomic mass is 79.9. The predicted molar refractivity (Wildman–Crippen MR) is 150 cm³/mol. The van der Waals surface area contributed by atoms with Crippen molar-refractivity contribution in [3.8, 4) is 0 Å². The molecule has 0 spiro atoms. The lowest BCUT2D eigenvalue weighted by molar-refractivity contribution is 0.546. The summed E-state index contributed by atoms with van der Waals surface area (Å²) in [4.78, 5) is 0. The van der Waals surface area contributed by atoms with E-state index in [1.54, 1.807) is 0 Å². The topological polar surface area (TPSA) is 38.3 Å². The highest BCUT2D eigenvalue weighted by molar-refractivity contribution is 9.11. The van der Waals surface area contributed by atoms with E-state index in [9.17, 15) is 0 Å². The SMILES string of the molecule is CC1NC2=CCC(c3ccc4oc5cc6c7c(oc6cc5c4c3)CCC(Br)=C7)C=C2c2ccccc21. The van der Waals surface area contributed by atoms with Crippen molar-refractivity contribution in [2.24, 2.45) is 0 Å². The maximum absolute atomic E-state index is 6.32. The predicted octanol–water partition coefficient (Wildman–Crippen LogP) is 9.13. The van der Waals surface area contributed by atoms with Crippen LogP contribution in [0.2, 0.25) is 0 Å². The van der Waals surface area contributed by atoms with Crippen LogP contribution in [0.25, 0.3) is 44.6 Å². The van der Waals surface area contributed by atoms with Crippen LogP contribution in [0.4, 0.5) is 0 Å². The first-order valence-electron chi connectivity index (χ1n) is 12.7. The third-order valence-electron chi connectivity index (χ3n) is 8.06. The molecule has 3 nitrogen and oxygen atoms in total. The molecule has 1 N–H and O–H groups in total. The van der Waals surface area contributed by atoms with Crippen molar-refractivity contribution in [1.82, 2.24) is 5.32 Å². The molecule has 0 saturated carbocycles. The Hall–Kier alpha value is -3.50. The van der Waals surface area contributed by atoms with Crippen LogP contribution in [-0.2, 0) is 6.42 Å². The van der Waals surface area contributed by atoms with Crippen molar-refractivity contribution in [1.29, 1.82) is 0 Å². The lowest BCUT2D eigenvalue weighted by Crippen LogP contribution is -2.27. The van der Waals surface area contributed by atoms with Crippen molar-refractivity contribution < 1.29 is 8.83 Å². The van der Waals surface area contributed by atoms with E-state index in [1.165, 1.54) is 38.0 Å². The first kappa shape index (κ1) is 20.7. The molecule has 1 aliphatic heterocycles. The number of fused-ring (bicyclic) bond motifs is 9. The second-order valence-corrected chi connectivity index (χ2v) is 11.2. The third kappa shape index (κ3) is 2.97. The summed E-state index contributed by atoms with van der Waals surface area (Å²) in [6.07, 6.45) is 9.90. The van der Waals surface area contributed by atoms with E-state index in [1.807, 2.05) is 0 Å². The van der Waals surface area contributed by atoms with Gasteiger partial charge in [0.15, 0.2) is 0 Å². The molecule has 0 bridgehead atoms. The van der Waals surface area contributed by atoms with Crippen LogP contribution in [0.1, 0.15) is 59.7 Å². The van der Waals surface area contributed by atoms with Crippen molar-refractivity contribution in [2.45, 2.75) is 38.1 Å². The van der Waals surface area contributed by atoms with Gasteiger partial charge in [-0.1, -0.05) is 58.4 Å². The Morgan fingerprint density at radius 3 is 2.67 bits per heavy atom. The number of furan rings is 2. The molecule has 5 aromatic rings. The zero-order valence-electron chi connectivity index (χ0n) is 19.9. The Morgan fingerprint density at radius 1 is 0.889 bits per heavy atom. The van der Waals surface area contributed by atoms with Crippen molar-refractivity contribution in [2.75, 3.05) is 0 Å². The third-order valence-corrected chi connectivity index (χ3v) is 8.69. The summed E-state index contributed by atoms with van der Waals surface area (Å²) in [5, 5.41) is 7.09. The van der Waals surface area contributed by atoms with Crippen LogP contribution in [0.3, 0.4) is 0 Å². The number of benzene rings is 3. The fraction of sp³-hybridized carbons (Fsp3) is 0.188. The molecule has 2 atom stereocenters. The highest BCUT2D eigenvalue weighted by Gasteiger charge is 2.27. The average Bonchev–Trinajstić information content (AvgIpc) is 3.44. The summed E-state index contributed by atoms with van der Waals surface area (Å²) in [5.41, 5.74) is 10.6. The van der Waals surface area contributed by atoms with E-state index in [2.05, 4.69) is 101 Å². The van der Waals surface area contributed by atoms with Gasteiger partial charge >= 0.3 is 0 Å². The van der Waals surface area contributed by atoms with E-state index in [0.717, 1.165) is 57.9 Å². The maximum Gasteiger partial charge on any atom is 0.136 e. The number of hydrogen-bond acceptors (Lipinski definition) is 3. The molecule has 0 radical (unpaired) electrons. The molecule has 2 unspecified atom stereocenters. The molecule has 176 valence electrons. The fourth-order valence-corrected chi connectivity index (χ4v) is 6.67. The summed E-state index contributed by atoms with van der Waals surface area (Å²) in [7, 11) is 0. The van der Waals surface area contributed by atoms with Crippen LogP contribution >= 0.6 is 15.9 Å². The van der Waals surface area contributed by atoms with Crippen molar-refractivity contribution in [3.05, 3.63) is 105 Å². The summed E-state index contributed by atoms with van der Waals surface area (Å²) >= 11 is 3.67. The molecule has 4 heteroatoms. The van der Waals surface area contributed by atoms with Gasteiger partial charge in [0.2, 0.25) is 0 Å². The normalized spacial score (nSPS) is 20.9. The standard InChI is InChI=1S/C32H24BrNO2/c1-17-21-4-2-3-5-22(21)23-12-18(6-9-28(23)34-17)19-7-10-29-24(13-19)26-15-32-27(16-31(26)35-29)25-14-20(33)8-11-30(25)36-32/h2-5,7,9-10,12-18,34H,6,8,11H2,1H3. The van der Waals surface area contributed by atoms with Crippen LogP contribution < -0.4 is 5.32 Å². The van der Waals surface area contributed by atoms with Gasteiger partial charge in [0.1, 0.15) is 22.5 Å². The van der Waals surface area contributed by atoms with Gasteiger partial charge in [0.05, 0.1) is 0 Å². The number of rotatable bonds is 1. The van der Waals surface area contributed by atoms with Crippen molar-refractivity contribution in [3.63, 3.8) is 0 Å². The molecular formula is C32H24BrNO2. The molecule has 0 amide bonds. The fourth-order valence-electron chi connectivity index (χ4n) is 6.24. The van der Waals surface area contributed by atoms with Gasteiger partial charge in [-0.15, -0.1) is 0 Å². The zero-order chi connectivity index (χ0) is 24.0.